The molecule has 2 rings (SSSR count). The second kappa shape index (κ2) is 7.96. The first-order valence-electron chi connectivity index (χ1n) is 8.39. The Morgan fingerprint density at radius 2 is 1.92 bits per heavy atom. The predicted molar refractivity (Wildman–Crippen MR) is 97.2 cm³/mol. The van der Waals surface area contributed by atoms with Gasteiger partial charge >= 0.3 is 0 Å². The van der Waals surface area contributed by atoms with E-state index in [4.69, 9.17) is 5.26 Å². The van der Waals surface area contributed by atoms with E-state index in [0.29, 0.717) is 17.7 Å². The van der Waals surface area contributed by atoms with Crippen LogP contribution in [0.15, 0.2) is 29.1 Å². The average molecular weight is 355 g/mol. The van der Waals surface area contributed by atoms with Crippen LogP contribution in [0.1, 0.15) is 47.3 Å². The fraction of sp³-hybridized carbons (Fsp3) is 0.350. The number of nitriles is 1. The SMILES string of the molecule is Cc1[nH]c(=O)c(C#N)c(C)c1CCC(=O)N(C)C(C)c1ccc(F)cc1. The fourth-order valence-electron chi connectivity index (χ4n) is 3.01. The lowest BCUT2D eigenvalue weighted by atomic mass is 9.98. The number of aryl methyl sites for hydroxylation is 1. The molecule has 0 saturated heterocycles. The predicted octanol–water partition coefficient (Wildman–Crippen LogP) is 3.15. The highest BCUT2D eigenvalue weighted by atomic mass is 19.1. The van der Waals surface area contributed by atoms with Gasteiger partial charge in [0.1, 0.15) is 17.4 Å². The minimum Gasteiger partial charge on any atom is -0.339 e. The van der Waals surface area contributed by atoms with E-state index in [0.717, 1.165) is 11.1 Å². The quantitative estimate of drug-likeness (QED) is 0.895. The van der Waals surface area contributed by atoms with Crippen molar-refractivity contribution in [1.29, 1.82) is 5.26 Å². The van der Waals surface area contributed by atoms with E-state index in [1.807, 2.05) is 13.0 Å². The van der Waals surface area contributed by atoms with Crippen LogP contribution in [0, 0.1) is 31.0 Å². The van der Waals surface area contributed by atoms with Crippen molar-refractivity contribution < 1.29 is 9.18 Å². The lowest BCUT2D eigenvalue weighted by Crippen LogP contribution is -2.30. The zero-order valence-electron chi connectivity index (χ0n) is 15.4. The van der Waals surface area contributed by atoms with Crippen molar-refractivity contribution >= 4 is 5.91 Å². The summed E-state index contributed by atoms with van der Waals surface area (Å²) in [5, 5.41) is 9.13. The Balaban J connectivity index is 2.12. The Kier molecular flexibility index (Phi) is 5.93. The van der Waals surface area contributed by atoms with Crippen molar-refractivity contribution in [2.45, 2.75) is 39.7 Å². The minimum atomic E-state index is -0.403. The Labute approximate surface area is 152 Å². The molecule has 0 bridgehead atoms. The molecule has 1 unspecified atom stereocenters. The maximum atomic E-state index is 13.1. The van der Waals surface area contributed by atoms with Crippen LogP contribution in [0.25, 0.3) is 0 Å². The Morgan fingerprint density at radius 1 is 1.31 bits per heavy atom. The van der Waals surface area contributed by atoms with E-state index in [1.54, 1.807) is 37.9 Å². The number of amides is 1. The number of carbonyl (C=O) groups is 1. The van der Waals surface area contributed by atoms with E-state index in [-0.39, 0.29) is 29.8 Å². The third-order valence-electron chi connectivity index (χ3n) is 4.84. The van der Waals surface area contributed by atoms with Crippen LogP contribution in [0.2, 0.25) is 0 Å². The number of aromatic nitrogens is 1. The summed E-state index contributed by atoms with van der Waals surface area (Å²) in [7, 11) is 1.71. The van der Waals surface area contributed by atoms with E-state index in [2.05, 4.69) is 4.98 Å². The molecule has 1 aromatic carbocycles. The third kappa shape index (κ3) is 3.99. The molecule has 1 N–H and O–H groups in total. The summed E-state index contributed by atoms with van der Waals surface area (Å²) in [5.74, 6) is -0.377. The fourth-order valence-corrected chi connectivity index (χ4v) is 3.01. The zero-order valence-corrected chi connectivity index (χ0v) is 15.4. The molecule has 0 aliphatic heterocycles. The van der Waals surface area contributed by atoms with E-state index in [9.17, 15) is 14.0 Å². The van der Waals surface area contributed by atoms with Crippen LogP contribution >= 0.6 is 0 Å². The first-order chi connectivity index (χ1) is 12.3. The van der Waals surface area contributed by atoms with Gasteiger partial charge in [-0.2, -0.15) is 5.26 Å². The standard InChI is InChI=1S/C20H22FN3O2/c1-12-17(13(2)23-20(26)18(12)11-22)9-10-19(25)24(4)14(3)15-5-7-16(21)8-6-15/h5-8,14H,9-10H2,1-4H3,(H,23,26). The third-order valence-corrected chi connectivity index (χ3v) is 4.84. The van der Waals surface area contributed by atoms with Crippen molar-refractivity contribution in [1.82, 2.24) is 9.88 Å². The maximum Gasteiger partial charge on any atom is 0.266 e. The van der Waals surface area contributed by atoms with Crippen LogP contribution in [-0.4, -0.2) is 22.8 Å². The van der Waals surface area contributed by atoms with Crippen LogP contribution in [-0.2, 0) is 11.2 Å². The van der Waals surface area contributed by atoms with Crippen LogP contribution in [0.4, 0.5) is 4.39 Å². The molecular formula is C20H22FN3O2. The van der Waals surface area contributed by atoms with E-state index >= 15 is 0 Å². The number of pyridine rings is 1. The molecule has 0 saturated carbocycles. The van der Waals surface area contributed by atoms with Crippen LogP contribution in [0.3, 0.4) is 0 Å². The Hall–Kier alpha value is -2.94. The molecule has 136 valence electrons. The first kappa shape index (κ1) is 19.4. The highest BCUT2D eigenvalue weighted by molar-refractivity contribution is 5.76. The van der Waals surface area contributed by atoms with Gasteiger partial charge < -0.3 is 9.88 Å². The van der Waals surface area contributed by atoms with Gasteiger partial charge in [-0.05, 0) is 56.0 Å². The normalized spacial score (nSPS) is 11.7. The molecule has 1 amide bonds. The van der Waals surface area contributed by atoms with Gasteiger partial charge in [0.2, 0.25) is 5.91 Å². The number of carbonyl (C=O) groups excluding carboxylic acids is 1. The van der Waals surface area contributed by atoms with Gasteiger partial charge in [0.05, 0.1) is 6.04 Å². The second-order valence-corrected chi connectivity index (χ2v) is 6.40. The van der Waals surface area contributed by atoms with E-state index < -0.39 is 5.56 Å². The number of halogens is 1. The number of nitrogens with zero attached hydrogens (tertiary/aromatic N) is 2. The van der Waals surface area contributed by atoms with Gasteiger partial charge in [0, 0.05) is 19.2 Å². The molecule has 6 heteroatoms. The second-order valence-electron chi connectivity index (χ2n) is 6.40. The Bertz CT molecular complexity index is 910. The number of rotatable bonds is 5. The highest BCUT2D eigenvalue weighted by Crippen LogP contribution is 2.21. The number of aromatic amines is 1. The van der Waals surface area contributed by atoms with Crippen LogP contribution in [0.5, 0.6) is 0 Å². The van der Waals surface area contributed by atoms with Crippen molar-refractivity contribution in [2.24, 2.45) is 0 Å². The summed E-state index contributed by atoms with van der Waals surface area (Å²) in [4.78, 5) is 28.6. The van der Waals surface area contributed by atoms with E-state index in [1.165, 1.54) is 12.1 Å². The Morgan fingerprint density at radius 3 is 2.50 bits per heavy atom. The van der Waals surface area contributed by atoms with Crippen LogP contribution < -0.4 is 5.56 Å². The largest absolute Gasteiger partial charge is 0.339 e. The van der Waals surface area contributed by atoms with Gasteiger partial charge in [0.15, 0.2) is 0 Å². The number of H-pyrrole nitrogens is 1. The van der Waals surface area contributed by atoms with Gasteiger partial charge in [-0.25, -0.2) is 4.39 Å². The summed E-state index contributed by atoms with van der Waals surface area (Å²) in [6.45, 7) is 5.38. The molecule has 2 aromatic rings. The molecule has 0 aliphatic carbocycles. The van der Waals surface area contributed by atoms with Crippen molar-refractivity contribution in [3.8, 4) is 6.07 Å². The molecule has 0 fully saturated rings. The molecule has 0 aliphatic rings. The molecule has 26 heavy (non-hydrogen) atoms. The smallest absolute Gasteiger partial charge is 0.266 e. The zero-order chi connectivity index (χ0) is 19.4. The van der Waals surface area contributed by atoms with Gasteiger partial charge in [-0.1, -0.05) is 12.1 Å². The first-order valence-corrected chi connectivity index (χ1v) is 8.39. The average Bonchev–Trinajstić information content (AvgIpc) is 2.60. The number of benzene rings is 1. The monoisotopic (exact) mass is 355 g/mol. The lowest BCUT2D eigenvalue weighted by Gasteiger charge is -2.25. The highest BCUT2D eigenvalue weighted by Gasteiger charge is 2.19. The maximum absolute atomic E-state index is 13.1. The molecule has 0 spiro atoms. The number of hydrogen-bond donors (Lipinski definition) is 1. The van der Waals surface area contributed by atoms with Gasteiger partial charge in [-0.3, -0.25) is 9.59 Å². The summed E-state index contributed by atoms with van der Waals surface area (Å²) >= 11 is 0. The van der Waals surface area contributed by atoms with Crippen molar-refractivity contribution in [3.63, 3.8) is 0 Å². The number of hydrogen-bond acceptors (Lipinski definition) is 3. The molecule has 1 atom stereocenters. The molecular weight excluding hydrogens is 333 g/mol. The van der Waals surface area contributed by atoms with Gasteiger partial charge in [-0.15, -0.1) is 0 Å². The van der Waals surface area contributed by atoms with Crippen molar-refractivity contribution in [2.75, 3.05) is 7.05 Å². The summed E-state index contributed by atoms with van der Waals surface area (Å²) in [6, 6.07) is 7.81. The van der Waals surface area contributed by atoms with Crippen molar-refractivity contribution in [3.05, 3.63) is 68.4 Å². The topological polar surface area (TPSA) is 77.0 Å². The summed E-state index contributed by atoms with van der Waals surface area (Å²) < 4.78 is 13.1. The minimum absolute atomic E-state index is 0.0645. The summed E-state index contributed by atoms with van der Waals surface area (Å²) in [5.41, 5.74) is 2.65. The number of nitrogens with one attached hydrogen (secondary N) is 1. The molecule has 1 aromatic heterocycles. The molecule has 0 radical (unpaired) electrons. The lowest BCUT2D eigenvalue weighted by molar-refractivity contribution is -0.131. The molecule has 1 heterocycles. The summed E-state index contributed by atoms with van der Waals surface area (Å²) in [6.07, 6.45) is 0.684. The molecule has 5 nitrogen and oxygen atoms in total. The van der Waals surface area contributed by atoms with Gasteiger partial charge in [0.25, 0.3) is 5.56 Å².